The van der Waals surface area contributed by atoms with Gasteiger partial charge in [0, 0.05) is 19.5 Å². The highest BCUT2D eigenvalue weighted by Crippen LogP contribution is 2.68. The average molecular weight is 462 g/mol. The van der Waals surface area contributed by atoms with Crippen molar-refractivity contribution in [3.05, 3.63) is 0 Å². The fourth-order valence-electron chi connectivity index (χ4n) is 9.68. The Morgan fingerprint density at radius 2 is 1.79 bits per heavy atom. The quantitative estimate of drug-likeness (QED) is 0.657. The molecule has 5 aliphatic rings. The minimum atomic E-state index is -0.240. The van der Waals surface area contributed by atoms with Gasteiger partial charge in [-0.15, -0.1) is 0 Å². The molecule has 188 valence electrons. The summed E-state index contributed by atoms with van der Waals surface area (Å²) >= 11 is 0. The smallest absolute Gasteiger partial charge is 0.222 e. The predicted molar refractivity (Wildman–Crippen MR) is 128 cm³/mol. The highest BCUT2D eigenvalue weighted by Gasteiger charge is 2.63. The van der Waals surface area contributed by atoms with E-state index >= 15 is 0 Å². The molecule has 10 atom stereocenters. The summed E-state index contributed by atoms with van der Waals surface area (Å²) in [7, 11) is 0. The summed E-state index contributed by atoms with van der Waals surface area (Å²) in [6.07, 6.45) is 10.1. The van der Waals surface area contributed by atoms with Gasteiger partial charge >= 0.3 is 0 Å². The molecule has 1 aliphatic heterocycles. The maximum Gasteiger partial charge on any atom is 0.222 e. The van der Waals surface area contributed by atoms with Crippen molar-refractivity contribution in [2.24, 2.45) is 46.3 Å². The average Bonchev–Trinajstić information content (AvgIpc) is 3.18. The molecular formula is C28H47NO4. The molecular weight excluding hydrogens is 414 g/mol. The van der Waals surface area contributed by atoms with Crippen LogP contribution in [-0.4, -0.2) is 59.5 Å². The summed E-state index contributed by atoms with van der Waals surface area (Å²) in [5, 5.41) is 22.0. The largest absolute Gasteiger partial charge is 0.393 e. The van der Waals surface area contributed by atoms with E-state index in [2.05, 4.69) is 20.8 Å². The normalized spacial score (nSPS) is 48.5. The van der Waals surface area contributed by atoms with Crippen LogP contribution in [-0.2, 0) is 9.53 Å². The zero-order chi connectivity index (χ0) is 23.4. The van der Waals surface area contributed by atoms with Crippen LogP contribution in [0.2, 0.25) is 0 Å². The number of fused-ring (bicyclic) bond motifs is 5. The van der Waals surface area contributed by atoms with Crippen molar-refractivity contribution in [3.8, 4) is 0 Å². The monoisotopic (exact) mass is 461 g/mol. The Morgan fingerprint density at radius 1 is 1.03 bits per heavy atom. The Bertz CT molecular complexity index is 723. The fourth-order valence-corrected chi connectivity index (χ4v) is 9.68. The predicted octanol–water partition coefficient (Wildman–Crippen LogP) is 4.25. The van der Waals surface area contributed by atoms with Gasteiger partial charge in [0.2, 0.25) is 5.91 Å². The van der Waals surface area contributed by atoms with Crippen LogP contribution >= 0.6 is 0 Å². The third kappa shape index (κ3) is 3.98. The molecule has 0 spiro atoms. The van der Waals surface area contributed by atoms with Gasteiger partial charge in [-0.05, 0) is 104 Å². The highest BCUT2D eigenvalue weighted by molar-refractivity contribution is 5.76. The summed E-state index contributed by atoms with van der Waals surface area (Å²) in [5.74, 6) is 3.82. The molecule has 5 fully saturated rings. The van der Waals surface area contributed by atoms with E-state index in [1.165, 1.54) is 25.7 Å². The van der Waals surface area contributed by atoms with E-state index in [0.29, 0.717) is 54.6 Å². The summed E-state index contributed by atoms with van der Waals surface area (Å²) in [5.41, 5.74) is 0.276. The summed E-state index contributed by atoms with van der Waals surface area (Å²) in [6.45, 7) is 10.0. The zero-order valence-corrected chi connectivity index (χ0v) is 21.2. The fraction of sp³-hybridized carbons (Fsp3) is 0.964. The minimum absolute atomic E-state index is 0.0139. The lowest BCUT2D eigenvalue weighted by Crippen LogP contribution is -2.58. The molecule has 1 saturated heterocycles. The molecule has 4 aliphatic carbocycles. The van der Waals surface area contributed by atoms with Gasteiger partial charge in [0.05, 0.1) is 25.4 Å². The first-order valence-electron chi connectivity index (χ1n) is 14.0. The molecule has 4 saturated carbocycles. The lowest BCUT2D eigenvalue weighted by molar-refractivity contribution is -0.175. The number of rotatable bonds is 4. The van der Waals surface area contributed by atoms with Crippen molar-refractivity contribution in [1.29, 1.82) is 0 Å². The first kappa shape index (κ1) is 24.1. The van der Waals surface area contributed by atoms with Crippen LogP contribution in [0.4, 0.5) is 0 Å². The number of hydrogen-bond donors (Lipinski definition) is 2. The maximum atomic E-state index is 12.7. The molecule has 0 aromatic rings. The highest BCUT2D eigenvalue weighted by atomic mass is 16.5. The van der Waals surface area contributed by atoms with E-state index in [-0.39, 0.29) is 23.5 Å². The standard InChI is InChI=1S/C28H47NO4/c1-18(4-9-26(32)29-12-14-33-15-13-29)22-7-8-23-21-6-5-19-16-20(30)10-11-27(19,2)24(21)17-25(31)28(22,23)3/h18-25,30-31H,4-17H2,1-3H3/t18?,19-,20-,21+,22-,23+,24+,25+,27+,28-/m1/s1. The van der Waals surface area contributed by atoms with Crippen molar-refractivity contribution in [2.45, 2.75) is 97.2 Å². The molecule has 0 aromatic heterocycles. The molecule has 5 heteroatoms. The van der Waals surface area contributed by atoms with E-state index in [1.807, 2.05) is 4.90 Å². The number of carbonyl (C=O) groups is 1. The summed E-state index contributed by atoms with van der Waals surface area (Å²) < 4.78 is 5.40. The number of nitrogens with zero attached hydrogens (tertiary/aromatic N) is 1. The number of carbonyl (C=O) groups excluding carboxylic acids is 1. The Morgan fingerprint density at radius 3 is 2.55 bits per heavy atom. The molecule has 0 radical (unpaired) electrons. The van der Waals surface area contributed by atoms with E-state index in [4.69, 9.17) is 4.74 Å². The number of hydrogen-bond acceptors (Lipinski definition) is 4. The van der Waals surface area contributed by atoms with Crippen LogP contribution in [0.1, 0.15) is 85.0 Å². The second-order valence-corrected chi connectivity index (χ2v) is 12.9. The molecule has 1 unspecified atom stereocenters. The molecule has 5 rings (SSSR count). The molecule has 2 N–H and O–H groups in total. The maximum absolute atomic E-state index is 12.7. The molecule has 1 amide bonds. The van der Waals surface area contributed by atoms with Crippen LogP contribution in [0.25, 0.3) is 0 Å². The van der Waals surface area contributed by atoms with Gasteiger partial charge in [-0.2, -0.15) is 0 Å². The van der Waals surface area contributed by atoms with Crippen molar-refractivity contribution < 1.29 is 19.7 Å². The van der Waals surface area contributed by atoms with Crippen molar-refractivity contribution >= 4 is 5.91 Å². The number of morpholine rings is 1. The second kappa shape index (κ2) is 9.09. The summed E-state index contributed by atoms with van der Waals surface area (Å²) in [6, 6.07) is 0. The van der Waals surface area contributed by atoms with Crippen molar-refractivity contribution in [2.75, 3.05) is 26.3 Å². The van der Waals surface area contributed by atoms with Crippen molar-refractivity contribution in [3.63, 3.8) is 0 Å². The van der Waals surface area contributed by atoms with Crippen LogP contribution in [0.5, 0.6) is 0 Å². The first-order valence-corrected chi connectivity index (χ1v) is 14.0. The Labute approximate surface area is 200 Å². The van der Waals surface area contributed by atoms with Gasteiger partial charge in [0.1, 0.15) is 0 Å². The van der Waals surface area contributed by atoms with Gasteiger partial charge < -0.3 is 19.8 Å². The molecule has 33 heavy (non-hydrogen) atoms. The Hall–Kier alpha value is -0.650. The van der Waals surface area contributed by atoms with Crippen molar-refractivity contribution in [1.82, 2.24) is 4.90 Å². The number of amides is 1. The van der Waals surface area contributed by atoms with Gasteiger partial charge in [-0.3, -0.25) is 4.79 Å². The number of aliphatic hydroxyl groups excluding tert-OH is 2. The van der Waals surface area contributed by atoms with E-state index in [1.54, 1.807) is 0 Å². The zero-order valence-electron chi connectivity index (χ0n) is 21.2. The van der Waals surface area contributed by atoms with Gasteiger partial charge in [-0.1, -0.05) is 20.8 Å². The molecule has 0 aromatic carbocycles. The van der Waals surface area contributed by atoms with E-state index in [0.717, 1.165) is 51.1 Å². The number of aliphatic hydroxyl groups is 2. The van der Waals surface area contributed by atoms with Crippen LogP contribution in [0.15, 0.2) is 0 Å². The first-order chi connectivity index (χ1) is 15.7. The van der Waals surface area contributed by atoms with Crippen LogP contribution < -0.4 is 0 Å². The van der Waals surface area contributed by atoms with E-state index in [9.17, 15) is 15.0 Å². The topological polar surface area (TPSA) is 70.0 Å². The lowest BCUT2D eigenvalue weighted by atomic mass is 9.43. The molecule has 5 nitrogen and oxygen atoms in total. The second-order valence-electron chi connectivity index (χ2n) is 12.9. The summed E-state index contributed by atoms with van der Waals surface area (Å²) in [4.78, 5) is 14.7. The third-order valence-electron chi connectivity index (χ3n) is 11.7. The molecule has 0 bridgehead atoms. The lowest BCUT2D eigenvalue weighted by Gasteiger charge is -2.62. The third-order valence-corrected chi connectivity index (χ3v) is 11.7. The Kier molecular flexibility index (Phi) is 6.63. The van der Waals surface area contributed by atoms with E-state index < -0.39 is 0 Å². The van der Waals surface area contributed by atoms with Gasteiger partial charge in [0.15, 0.2) is 0 Å². The Balaban J connectivity index is 1.27. The number of ether oxygens (including phenoxy) is 1. The van der Waals surface area contributed by atoms with Gasteiger partial charge in [0.25, 0.3) is 0 Å². The van der Waals surface area contributed by atoms with Gasteiger partial charge in [-0.25, -0.2) is 0 Å². The SMILES string of the molecule is CC(CCC(=O)N1CCOCC1)[C@H]1CC[C@H]2[C@@H]3CC[C@@H]4C[C@H](O)CC[C@]4(C)[C@H]3C[C@H](O)[C@]12C. The minimum Gasteiger partial charge on any atom is -0.393 e. The molecule has 1 heterocycles. The van der Waals surface area contributed by atoms with Crippen LogP contribution in [0, 0.1) is 46.3 Å². The van der Waals surface area contributed by atoms with Crippen LogP contribution in [0.3, 0.4) is 0 Å².